The monoisotopic (exact) mass is 294 g/mol. The Kier molecular flexibility index (Phi) is 4.56. The number of aryl methyl sites for hydroxylation is 1. The number of rotatable bonds is 6. The Bertz CT molecular complexity index is 472. The minimum absolute atomic E-state index is 0.0614. The molecule has 0 bridgehead atoms. The van der Waals surface area contributed by atoms with Gasteiger partial charge in [-0.05, 0) is 25.8 Å². The largest absolute Gasteiger partial charge is 0.378 e. The number of hydrogen-bond donors (Lipinski definition) is 2. The molecule has 0 unspecified atom stereocenters. The van der Waals surface area contributed by atoms with Crippen molar-refractivity contribution in [3.05, 3.63) is 18.5 Å². The molecule has 0 radical (unpaired) electrons. The summed E-state index contributed by atoms with van der Waals surface area (Å²) in [4.78, 5) is 11.9. The Morgan fingerprint density at radius 2 is 2.24 bits per heavy atom. The summed E-state index contributed by atoms with van der Waals surface area (Å²) in [6.07, 6.45) is 5.38. The van der Waals surface area contributed by atoms with Crippen molar-refractivity contribution in [3.8, 4) is 0 Å². The lowest BCUT2D eigenvalue weighted by molar-refractivity contribution is -0.177. The van der Waals surface area contributed by atoms with Crippen LogP contribution in [0.2, 0.25) is 0 Å². The first-order valence-electron chi connectivity index (χ1n) is 7.46. The maximum absolute atomic E-state index is 11.9. The van der Waals surface area contributed by atoms with Crippen molar-refractivity contribution in [2.24, 2.45) is 5.41 Å². The average molecular weight is 294 g/mol. The molecule has 1 aliphatic carbocycles. The van der Waals surface area contributed by atoms with Gasteiger partial charge in [-0.3, -0.25) is 4.68 Å². The van der Waals surface area contributed by atoms with Gasteiger partial charge in [-0.2, -0.15) is 5.10 Å². The fourth-order valence-corrected chi connectivity index (χ4v) is 2.81. The number of nitrogens with one attached hydrogen (secondary N) is 2. The van der Waals surface area contributed by atoms with Gasteiger partial charge in [-0.1, -0.05) is 13.8 Å². The number of carbonyl (C=O) groups is 1. The lowest BCUT2D eigenvalue weighted by Gasteiger charge is -2.59. The molecule has 2 amide bonds. The van der Waals surface area contributed by atoms with Gasteiger partial charge in [0.25, 0.3) is 0 Å². The summed E-state index contributed by atoms with van der Waals surface area (Å²) in [7, 11) is 1.73. The summed E-state index contributed by atoms with van der Waals surface area (Å²) in [6.45, 7) is 7.79. The van der Waals surface area contributed by atoms with Crippen molar-refractivity contribution < 1.29 is 9.53 Å². The van der Waals surface area contributed by atoms with E-state index in [2.05, 4.69) is 36.5 Å². The van der Waals surface area contributed by atoms with Crippen LogP contribution in [-0.4, -0.2) is 41.1 Å². The van der Waals surface area contributed by atoms with Crippen LogP contribution in [0.15, 0.2) is 18.5 Å². The van der Waals surface area contributed by atoms with Crippen LogP contribution in [0, 0.1) is 5.41 Å². The standard InChI is InChI=1S/C15H26N4O2/c1-14(2)12(11-15(14,3)21-4)18-13(20)16-7-5-9-19-10-6-8-17-19/h6,8,10,12H,5,7,9,11H2,1-4H3,(H2,16,18,20)/t12-,15+/m1/s1. The maximum Gasteiger partial charge on any atom is 0.315 e. The summed E-state index contributed by atoms with van der Waals surface area (Å²) < 4.78 is 7.42. The van der Waals surface area contributed by atoms with Crippen molar-refractivity contribution in [1.29, 1.82) is 0 Å². The number of carbonyl (C=O) groups excluding carboxylic acids is 1. The molecule has 118 valence electrons. The van der Waals surface area contributed by atoms with Gasteiger partial charge in [0.05, 0.1) is 5.60 Å². The smallest absolute Gasteiger partial charge is 0.315 e. The topological polar surface area (TPSA) is 68.2 Å². The van der Waals surface area contributed by atoms with Crippen molar-refractivity contribution in [2.45, 2.75) is 51.8 Å². The Labute approximate surface area is 126 Å². The SMILES string of the molecule is CO[C@@]1(C)C[C@@H](NC(=O)NCCCn2cccn2)C1(C)C. The van der Waals surface area contributed by atoms with Crippen LogP contribution < -0.4 is 10.6 Å². The van der Waals surface area contributed by atoms with Crippen molar-refractivity contribution in [3.63, 3.8) is 0 Å². The number of urea groups is 1. The second-order valence-corrected chi connectivity index (χ2v) is 6.44. The molecule has 0 aromatic carbocycles. The maximum atomic E-state index is 11.9. The molecule has 2 atom stereocenters. The Balaban J connectivity index is 1.66. The van der Waals surface area contributed by atoms with Gasteiger partial charge < -0.3 is 15.4 Å². The minimum Gasteiger partial charge on any atom is -0.378 e. The van der Waals surface area contributed by atoms with E-state index in [1.54, 1.807) is 13.3 Å². The van der Waals surface area contributed by atoms with E-state index in [1.165, 1.54) is 0 Å². The first-order chi connectivity index (χ1) is 9.89. The highest BCUT2D eigenvalue weighted by atomic mass is 16.5. The van der Waals surface area contributed by atoms with Gasteiger partial charge in [0, 0.05) is 44.0 Å². The molecule has 0 aliphatic heterocycles. The van der Waals surface area contributed by atoms with Crippen LogP contribution in [0.1, 0.15) is 33.6 Å². The lowest BCUT2D eigenvalue weighted by atomic mass is 9.56. The molecular weight excluding hydrogens is 268 g/mol. The van der Waals surface area contributed by atoms with Crippen LogP contribution in [-0.2, 0) is 11.3 Å². The third kappa shape index (κ3) is 3.20. The highest BCUT2D eigenvalue weighted by Crippen LogP contribution is 2.51. The van der Waals surface area contributed by atoms with Gasteiger partial charge in [0.2, 0.25) is 0 Å². The van der Waals surface area contributed by atoms with Crippen LogP contribution in [0.3, 0.4) is 0 Å². The quantitative estimate of drug-likeness (QED) is 0.786. The predicted octanol–water partition coefficient (Wildman–Crippen LogP) is 1.78. The molecule has 0 spiro atoms. The van der Waals surface area contributed by atoms with E-state index >= 15 is 0 Å². The van der Waals surface area contributed by atoms with Gasteiger partial charge in [0.15, 0.2) is 0 Å². The van der Waals surface area contributed by atoms with Gasteiger partial charge >= 0.3 is 6.03 Å². The van der Waals surface area contributed by atoms with E-state index in [0.717, 1.165) is 19.4 Å². The lowest BCUT2D eigenvalue weighted by Crippen LogP contribution is -2.69. The zero-order valence-electron chi connectivity index (χ0n) is 13.3. The molecule has 1 heterocycles. The molecule has 21 heavy (non-hydrogen) atoms. The molecule has 0 saturated heterocycles. The van der Waals surface area contributed by atoms with Crippen molar-refractivity contribution >= 4 is 6.03 Å². The summed E-state index contributed by atoms with van der Waals surface area (Å²) in [5.74, 6) is 0. The average Bonchev–Trinajstić information content (AvgIpc) is 2.96. The number of ether oxygens (including phenoxy) is 1. The third-order valence-corrected chi connectivity index (χ3v) is 4.99. The molecule has 1 aliphatic rings. The van der Waals surface area contributed by atoms with E-state index in [9.17, 15) is 4.79 Å². The van der Waals surface area contributed by atoms with Gasteiger partial charge in [-0.15, -0.1) is 0 Å². The minimum atomic E-state index is -0.162. The molecule has 1 aromatic rings. The van der Waals surface area contributed by atoms with E-state index in [-0.39, 0.29) is 23.1 Å². The summed E-state index contributed by atoms with van der Waals surface area (Å²) in [6, 6.07) is 1.94. The predicted molar refractivity (Wildman–Crippen MR) is 81.0 cm³/mol. The summed E-state index contributed by atoms with van der Waals surface area (Å²) >= 11 is 0. The number of methoxy groups -OCH3 is 1. The third-order valence-electron chi connectivity index (χ3n) is 4.99. The van der Waals surface area contributed by atoms with Crippen molar-refractivity contribution in [2.75, 3.05) is 13.7 Å². The number of hydrogen-bond acceptors (Lipinski definition) is 3. The van der Waals surface area contributed by atoms with Crippen LogP contribution in [0.4, 0.5) is 4.79 Å². The molecule has 1 aromatic heterocycles. The van der Waals surface area contributed by atoms with E-state index in [4.69, 9.17) is 4.74 Å². The highest BCUT2D eigenvalue weighted by molar-refractivity contribution is 5.74. The van der Waals surface area contributed by atoms with E-state index < -0.39 is 0 Å². The Morgan fingerprint density at radius 1 is 1.48 bits per heavy atom. The van der Waals surface area contributed by atoms with Gasteiger partial charge in [0.1, 0.15) is 0 Å². The van der Waals surface area contributed by atoms with Crippen LogP contribution >= 0.6 is 0 Å². The second-order valence-electron chi connectivity index (χ2n) is 6.44. The zero-order chi connectivity index (χ0) is 15.5. The first kappa shape index (κ1) is 15.8. The number of nitrogens with zero attached hydrogens (tertiary/aromatic N) is 2. The second kappa shape index (κ2) is 6.05. The Morgan fingerprint density at radius 3 is 2.81 bits per heavy atom. The number of aromatic nitrogens is 2. The van der Waals surface area contributed by atoms with Crippen molar-refractivity contribution in [1.82, 2.24) is 20.4 Å². The van der Waals surface area contributed by atoms with Crippen LogP contribution in [0.5, 0.6) is 0 Å². The molecule has 6 heteroatoms. The molecule has 2 rings (SSSR count). The molecule has 6 nitrogen and oxygen atoms in total. The van der Waals surface area contributed by atoms with E-state index in [1.807, 2.05) is 16.9 Å². The highest BCUT2D eigenvalue weighted by Gasteiger charge is 2.58. The fraction of sp³-hybridized carbons (Fsp3) is 0.733. The van der Waals surface area contributed by atoms with Gasteiger partial charge in [-0.25, -0.2) is 4.79 Å². The summed E-state index contributed by atoms with van der Waals surface area (Å²) in [5, 5.41) is 10.1. The number of amides is 2. The fourth-order valence-electron chi connectivity index (χ4n) is 2.81. The molecular formula is C15H26N4O2. The summed E-state index contributed by atoms with van der Waals surface area (Å²) in [5.41, 5.74) is -0.223. The normalized spacial score (nSPS) is 27.0. The Hall–Kier alpha value is -1.56. The molecule has 1 saturated carbocycles. The zero-order valence-corrected chi connectivity index (χ0v) is 13.3. The van der Waals surface area contributed by atoms with E-state index in [0.29, 0.717) is 6.54 Å². The molecule has 2 N–H and O–H groups in total. The van der Waals surface area contributed by atoms with Crippen LogP contribution in [0.25, 0.3) is 0 Å². The first-order valence-corrected chi connectivity index (χ1v) is 7.46. The molecule has 1 fully saturated rings.